The number of amides is 1. The molecule has 5 heterocycles. The van der Waals surface area contributed by atoms with Crippen LogP contribution in [0.25, 0.3) is 27.9 Å². The summed E-state index contributed by atoms with van der Waals surface area (Å²) < 4.78 is 108. The van der Waals surface area contributed by atoms with E-state index in [4.69, 9.17) is 15.1 Å². The zero-order chi connectivity index (χ0) is 33.8. The summed E-state index contributed by atoms with van der Waals surface area (Å²) in [6.07, 6.45) is 2.73. The molecule has 2 aliphatic rings. The second-order valence-corrected chi connectivity index (χ2v) is 8.06. The maximum Gasteiger partial charge on any atom is 0.228 e. The van der Waals surface area contributed by atoms with Crippen molar-refractivity contribution in [2.45, 2.75) is 13.3 Å². The summed E-state index contributed by atoms with van der Waals surface area (Å²) >= 11 is 0. The molecule has 11 nitrogen and oxygen atoms in total. The van der Waals surface area contributed by atoms with Gasteiger partial charge in [0.25, 0.3) is 0 Å². The molecule has 2 N–H and O–H groups in total. The molecule has 4 aromatic heterocycles. The largest absolute Gasteiger partial charge is 0.378 e. The highest BCUT2D eigenvalue weighted by atomic mass is 19.1. The number of pyridine rings is 2. The van der Waals surface area contributed by atoms with E-state index < -0.39 is 44.6 Å². The lowest BCUT2D eigenvalue weighted by molar-refractivity contribution is -0.117. The van der Waals surface area contributed by atoms with E-state index >= 15 is 4.39 Å². The number of hydrogen-bond donors (Lipinski definition) is 2. The van der Waals surface area contributed by atoms with Crippen molar-refractivity contribution in [1.29, 1.82) is 0 Å². The average Bonchev–Trinajstić information content (AvgIpc) is 3.51. The molecule has 2 fully saturated rings. The van der Waals surface area contributed by atoms with Gasteiger partial charge in [-0.2, -0.15) is 0 Å². The minimum atomic E-state index is -3.42. The Balaban J connectivity index is 1.48. The SMILES string of the molecule is [2H]C([2H])([2H])Nc1ncc(-c2nc3cc(F)c(N4C([2H])([2H])C([2H])([2H])OC([2H])([2H])C4([2H])[2H])cn3n2)c2cc(NC(=O)[C@H]3C[C@H]3C)nnc12. The molecule has 1 aliphatic carbocycles. The molecule has 0 aromatic carbocycles. The van der Waals surface area contributed by atoms with Crippen LogP contribution in [0.5, 0.6) is 0 Å². The number of anilines is 3. The molecule has 0 unspecified atom stereocenters. The van der Waals surface area contributed by atoms with Crippen LogP contribution in [0.1, 0.15) is 28.4 Å². The second kappa shape index (κ2) is 8.38. The van der Waals surface area contributed by atoms with Gasteiger partial charge >= 0.3 is 0 Å². The number of hydrogen-bond acceptors (Lipinski definition) is 9. The van der Waals surface area contributed by atoms with Gasteiger partial charge in [0.05, 0.1) is 36.0 Å². The van der Waals surface area contributed by atoms with Crippen LogP contribution in [0.2, 0.25) is 0 Å². The number of nitrogens with one attached hydrogen (secondary N) is 2. The summed E-state index contributed by atoms with van der Waals surface area (Å²) in [5.41, 5.74) is -0.962. The van der Waals surface area contributed by atoms with Crippen molar-refractivity contribution in [3.8, 4) is 11.4 Å². The summed E-state index contributed by atoms with van der Waals surface area (Å²) in [5.74, 6) is -1.80. The van der Waals surface area contributed by atoms with Gasteiger partial charge in [0.1, 0.15) is 5.52 Å². The van der Waals surface area contributed by atoms with E-state index in [0.717, 1.165) is 16.8 Å². The number of carbonyl (C=O) groups excluding carboxylic acids is 1. The average molecular weight is 489 g/mol. The maximum absolute atomic E-state index is 15.6. The number of rotatable bonds is 5. The molecule has 0 bridgehead atoms. The van der Waals surface area contributed by atoms with Crippen LogP contribution in [0.15, 0.2) is 24.5 Å². The highest BCUT2D eigenvalue weighted by Crippen LogP contribution is 2.38. The van der Waals surface area contributed by atoms with Gasteiger partial charge in [-0.05, 0) is 18.4 Å². The van der Waals surface area contributed by atoms with Crippen LogP contribution in [0, 0.1) is 17.7 Å². The Morgan fingerprint density at radius 2 is 2.14 bits per heavy atom. The number of morpholine rings is 1. The van der Waals surface area contributed by atoms with Gasteiger partial charge in [-0.1, -0.05) is 6.92 Å². The van der Waals surface area contributed by atoms with E-state index in [1.807, 2.05) is 6.92 Å². The van der Waals surface area contributed by atoms with Crippen LogP contribution in [0.4, 0.5) is 21.7 Å². The van der Waals surface area contributed by atoms with E-state index in [-0.39, 0.29) is 62.2 Å². The van der Waals surface area contributed by atoms with Crippen molar-refractivity contribution in [3.63, 3.8) is 0 Å². The van der Waals surface area contributed by atoms with E-state index in [2.05, 4.69) is 40.6 Å². The molecule has 0 spiro atoms. The maximum atomic E-state index is 15.6. The van der Waals surface area contributed by atoms with E-state index in [0.29, 0.717) is 6.42 Å². The smallest absolute Gasteiger partial charge is 0.228 e. The van der Waals surface area contributed by atoms with Crippen LogP contribution in [0.3, 0.4) is 0 Å². The lowest BCUT2D eigenvalue weighted by Crippen LogP contribution is -2.36. The Morgan fingerprint density at radius 3 is 2.91 bits per heavy atom. The van der Waals surface area contributed by atoms with Crippen molar-refractivity contribution < 1.29 is 29.0 Å². The van der Waals surface area contributed by atoms with Crippen LogP contribution < -0.4 is 15.5 Å². The molecule has 180 valence electrons. The highest BCUT2D eigenvalue weighted by Gasteiger charge is 2.39. The standard InChI is InChI=1S/C23H24FN9O2/c1-12-7-13(12)23(34)27-18-8-14-15(10-26-22(25-2)20(14)30-29-18)21-28-19-9-16(24)17(11-33(19)31-21)32-3-5-35-6-4-32/h8-13H,3-7H2,1-2H3,(H,25,26)(H,27,29,34)/t12-,13+/m1/s1/i2D3,3D2,4D2,5D2,6D2. The van der Waals surface area contributed by atoms with E-state index in [9.17, 15) is 4.79 Å². The molecule has 12 heteroatoms. The predicted octanol–water partition coefficient (Wildman–Crippen LogP) is 2.35. The summed E-state index contributed by atoms with van der Waals surface area (Å²) in [4.78, 5) is 21.0. The second-order valence-electron chi connectivity index (χ2n) is 8.06. The fraction of sp³-hybridized carbons (Fsp3) is 0.391. The predicted molar refractivity (Wildman–Crippen MR) is 128 cm³/mol. The minimum Gasteiger partial charge on any atom is -0.378 e. The fourth-order valence-electron chi connectivity index (χ4n) is 3.75. The van der Waals surface area contributed by atoms with Gasteiger partial charge in [0.15, 0.2) is 28.9 Å². The number of fused-ring (bicyclic) bond motifs is 2. The third-order valence-electron chi connectivity index (χ3n) is 5.75. The molecule has 35 heavy (non-hydrogen) atoms. The Morgan fingerprint density at radius 1 is 1.31 bits per heavy atom. The molecule has 6 rings (SSSR count). The minimum absolute atomic E-state index is 0.0167. The van der Waals surface area contributed by atoms with Crippen LogP contribution in [-0.2, 0) is 9.53 Å². The van der Waals surface area contributed by atoms with Crippen molar-refractivity contribution >= 4 is 39.8 Å². The number of carbonyl (C=O) groups is 1. The fourth-order valence-corrected chi connectivity index (χ4v) is 3.75. The van der Waals surface area contributed by atoms with Gasteiger partial charge < -0.3 is 20.3 Å². The lowest BCUT2D eigenvalue weighted by atomic mass is 10.1. The monoisotopic (exact) mass is 488 g/mol. The third kappa shape index (κ3) is 3.89. The molecular weight excluding hydrogens is 453 g/mol. The molecule has 4 aromatic rings. The van der Waals surface area contributed by atoms with Crippen molar-refractivity contribution in [1.82, 2.24) is 29.8 Å². The normalized spacial score (nSPS) is 30.6. The van der Waals surface area contributed by atoms with Gasteiger partial charge in [0, 0.05) is 53.2 Å². The first-order chi connectivity index (χ1) is 21.1. The first-order valence-corrected chi connectivity index (χ1v) is 10.5. The van der Waals surface area contributed by atoms with Gasteiger partial charge in [-0.3, -0.25) is 4.79 Å². The van der Waals surface area contributed by atoms with E-state index in [1.54, 1.807) is 0 Å². The zero-order valence-corrected chi connectivity index (χ0v) is 18.0. The number of halogens is 1. The Bertz CT molecular complexity index is 1880. The summed E-state index contributed by atoms with van der Waals surface area (Å²) in [6.45, 7) is -14.4. The molecule has 1 saturated heterocycles. The third-order valence-corrected chi connectivity index (χ3v) is 5.75. The number of ether oxygens (including phenoxy) is 1. The van der Waals surface area contributed by atoms with E-state index in [1.165, 1.54) is 12.3 Å². The topological polar surface area (TPSA) is 122 Å². The first kappa shape index (κ1) is 12.7. The molecule has 1 amide bonds. The van der Waals surface area contributed by atoms with Crippen LogP contribution >= 0.6 is 0 Å². The number of nitrogens with zero attached hydrogens (tertiary/aromatic N) is 7. The molecule has 0 radical (unpaired) electrons. The van der Waals surface area contributed by atoms with Crippen molar-refractivity contribution in [3.05, 3.63) is 30.3 Å². The van der Waals surface area contributed by atoms with Gasteiger partial charge in [0.2, 0.25) is 5.91 Å². The first-order valence-electron chi connectivity index (χ1n) is 16.0. The van der Waals surface area contributed by atoms with Crippen molar-refractivity contribution in [2.24, 2.45) is 11.8 Å². The molecular formula is C23H24FN9O2. The Kier molecular flexibility index (Phi) is 3.04. The Labute approximate surface area is 215 Å². The van der Waals surface area contributed by atoms with Gasteiger partial charge in [-0.25, -0.2) is 18.9 Å². The molecule has 1 aliphatic heterocycles. The highest BCUT2D eigenvalue weighted by molar-refractivity contribution is 6.01. The summed E-state index contributed by atoms with van der Waals surface area (Å²) in [5, 5.41) is 17.5. The summed E-state index contributed by atoms with van der Waals surface area (Å²) in [7, 11) is 0. The summed E-state index contributed by atoms with van der Waals surface area (Å²) in [6, 6.07) is 2.18. The van der Waals surface area contributed by atoms with Gasteiger partial charge in [-0.15, -0.1) is 15.3 Å². The Hall–Kier alpha value is -3.93. The molecule has 2 atom stereocenters. The number of aromatic nitrogens is 6. The zero-order valence-electron chi connectivity index (χ0n) is 29.0. The van der Waals surface area contributed by atoms with Crippen molar-refractivity contribution in [2.75, 3.05) is 48.6 Å². The quantitative estimate of drug-likeness (QED) is 0.436. The van der Waals surface area contributed by atoms with Crippen LogP contribution in [-0.4, -0.2) is 68.8 Å². The molecule has 1 saturated carbocycles. The lowest BCUT2D eigenvalue weighted by Gasteiger charge is -2.28.